The Kier molecular flexibility index (Phi) is 5.16. The monoisotopic (exact) mass is 270 g/mol. The summed E-state index contributed by atoms with van der Waals surface area (Å²) >= 11 is 0. The topological polar surface area (TPSA) is 47.3 Å². The molecule has 0 fully saturated rings. The number of hydrazine groups is 1. The third-order valence-electron chi connectivity index (χ3n) is 3.46. The van der Waals surface area contributed by atoms with E-state index >= 15 is 0 Å². The van der Waals surface area contributed by atoms with Gasteiger partial charge in [-0.05, 0) is 37.0 Å². The molecule has 0 aliphatic carbocycles. The first-order valence-electron chi connectivity index (χ1n) is 6.86. The smallest absolute Gasteiger partial charge is 0.122 e. The lowest BCUT2D eigenvalue weighted by atomic mass is 9.98. The molecular formula is C17H22N2O. The van der Waals surface area contributed by atoms with Gasteiger partial charge in [-0.1, -0.05) is 48.0 Å². The summed E-state index contributed by atoms with van der Waals surface area (Å²) in [6.07, 6.45) is 1.74. The molecule has 3 heteroatoms. The largest absolute Gasteiger partial charge is 0.496 e. The minimum absolute atomic E-state index is 0.188. The molecule has 3 nitrogen and oxygen atoms in total. The zero-order chi connectivity index (χ0) is 14.4. The fourth-order valence-electron chi connectivity index (χ4n) is 2.42. The van der Waals surface area contributed by atoms with E-state index in [2.05, 4.69) is 48.7 Å². The number of aryl methyl sites for hydroxylation is 1. The fourth-order valence-corrected chi connectivity index (χ4v) is 2.42. The van der Waals surface area contributed by atoms with E-state index in [9.17, 15) is 0 Å². The van der Waals surface area contributed by atoms with E-state index in [0.29, 0.717) is 0 Å². The third-order valence-corrected chi connectivity index (χ3v) is 3.46. The van der Waals surface area contributed by atoms with Crippen molar-refractivity contribution in [3.8, 4) is 5.75 Å². The second-order valence-electron chi connectivity index (χ2n) is 5.07. The third kappa shape index (κ3) is 3.83. The van der Waals surface area contributed by atoms with Crippen LogP contribution in [-0.4, -0.2) is 13.2 Å². The minimum Gasteiger partial charge on any atom is -0.496 e. The molecule has 2 aromatic rings. The van der Waals surface area contributed by atoms with Gasteiger partial charge in [0.15, 0.2) is 0 Å². The molecule has 20 heavy (non-hydrogen) atoms. The summed E-state index contributed by atoms with van der Waals surface area (Å²) < 4.78 is 5.43. The van der Waals surface area contributed by atoms with Crippen molar-refractivity contribution >= 4 is 0 Å². The Morgan fingerprint density at radius 2 is 1.85 bits per heavy atom. The first-order valence-corrected chi connectivity index (χ1v) is 6.86. The normalized spacial score (nSPS) is 12.2. The average Bonchev–Trinajstić information content (AvgIpc) is 2.48. The molecule has 1 unspecified atom stereocenters. The Bertz CT molecular complexity index is 540. The van der Waals surface area contributed by atoms with E-state index < -0.39 is 0 Å². The second-order valence-corrected chi connectivity index (χ2v) is 5.07. The van der Waals surface area contributed by atoms with E-state index in [1.165, 1.54) is 16.7 Å². The van der Waals surface area contributed by atoms with E-state index in [1.54, 1.807) is 7.11 Å². The van der Waals surface area contributed by atoms with Gasteiger partial charge in [0.1, 0.15) is 5.75 Å². The standard InChI is InChI=1S/C17H22N2O/c1-13-8-9-17(20-2)15(10-13)12-16(19-18)11-14-6-4-3-5-7-14/h3-10,16,19H,11-12,18H2,1-2H3. The number of ether oxygens (including phenoxy) is 1. The number of hydrogen-bond donors (Lipinski definition) is 2. The van der Waals surface area contributed by atoms with Gasteiger partial charge in [0.05, 0.1) is 7.11 Å². The van der Waals surface area contributed by atoms with E-state index in [-0.39, 0.29) is 6.04 Å². The molecule has 0 saturated heterocycles. The lowest BCUT2D eigenvalue weighted by molar-refractivity contribution is 0.404. The van der Waals surface area contributed by atoms with Crippen molar-refractivity contribution < 1.29 is 4.74 Å². The van der Waals surface area contributed by atoms with Crippen LogP contribution in [0.15, 0.2) is 48.5 Å². The Hall–Kier alpha value is -1.84. The summed E-state index contributed by atoms with van der Waals surface area (Å²) in [6.45, 7) is 2.09. The maximum atomic E-state index is 5.71. The van der Waals surface area contributed by atoms with E-state index in [0.717, 1.165) is 18.6 Å². The number of methoxy groups -OCH3 is 1. The van der Waals surface area contributed by atoms with Crippen LogP contribution in [-0.2, 0) is 12.8 Å². The molecule has 0 aromatic heterocycles. The highest BCUT2D eigenvalue weighted by Gasteiger charge is 2.12. The molecule has 0 heterocycles. The van der Waals surface area contributed by atoms with Gasteiger partial charge in [0.2, 0.25) is 0 Å². The molecular weight excluding hydrogens is 248 g/mol. The van der Waals surface area contributed by atoms with Crippen LogP contribution in [0.1, 0.15) is 16.7 Å². The summed E-state index contributed by atoms with van der Waals surface area (Å²) in [6, 6.07) is 16.8. The van der Waals surface area contributed by atoms with Gasteiger partial charge in [-0.25, -0.2) is 0 Å². The van der Waals surface area contributed by atoms with Gasteiger partial charge in [0.25, 0.3) is 0 Å². The number of hydrogen-bond acceptors (Lipinski definition) is 3. The number of rotatable bonds is 6. The summed E-state index contributed by atoms with van der Waals surface area (Å²) in [5.74, 6) is 6.63. The molecule has 0 aliphatic heterocycles. The average molecular weight is 270 g/mol. The Morgan fingerprint density at radius 1 is 1.10 bits per heavy atom. The van der Waals surface area contributed by atoms with Gasteiger partial charge in [0, 0.05) is 6.04 Å². The molecule has 0 saturated carbocycles. The minimum atomic E-state index is 0.188. The summed E-state index contributed by atoms with van der Waals surface area (Å²) in [5, 5.41) is 0. The zero-order valence-corrected chi connectivity index (χ0v) is 12.1. The van der Waals surface area contributed by atoms with Crippen LogP contribution in [0.3, 0.4) is 0 Å². The molecule has 0 amide bonds. The maximum absolute atomic E-state index is 5.71. The Labute approximate surface area is 120 Å². The van der Waals surface area contributed by atoms with Crippen LogP contribution in [0.4, 0.5) is 0 Å². The van der Waals surface area contributed by atoms with Crippen molar-refractivity contribution in [2.24, 2.45) is 5.84 Å². The molecule has 3 N–H and O–H groups in total. The first kappa shape index (κ1) is 14.6. The van der Waals surface area contributed by atoms with Gasteiger partial charge in [-0.15, -0.1) is 0 Å². The van der Waals surface area contributed by atoms with Gasteiger partial charge in [-0.3, -0.25) is 11.3 Å². The van der Waals surface area contributed by atoms with Crippen LogP contribution >= 0.6 is 0 Å². The zero-order valence-electron chi connectivity index (χ0n) is 12.1. The quantitative estimate of drug-likeness (QED) is 0.626. The van der Waals surface area contributed by atoms with Crippen molar-refractivity contribution in [2.45, 2.75) is 25.8 Å². The molecule has 2 aromatic carbocycles. The summed E-state index contributed by atoms with van der Waals surface area (Å²) in [7, 11) is 1.70. The Morgan fingerprint density at radius 3 is 2.50 bits per heavy atom. The van der Waals surface area contributed by atoms with Crippen molar-refractivity contribution in [3.05, 3.63) is 65.2 Å². The van der Waals surface area contributed by atoms with Crippen LogP contribution in [0.25, 0.3) is 0 Å². The van der Waals surface area contributed by atoms with Crippen molar-refractivity contribution in [1.82, 2.24) is 5.43 Å². The van der Waals surface area contributed by atoms with Crippen LogP contribution in [0.2, 0.25) is 0 Å². The molecule has 2 rings (SSSR count). The van der Waals surface area contributed by atoms with Gasteiger partial charge < -0.3 is 4.74 Å². The molecule has 0 radical (unpaired) electrons. The lowest BCUT2D eigenvalue weighted by Gasteiger charge is -2.18. The van der Waals surface area contributed by atoms with Crippen molar-refractivity contribution in [3.63, 3.8) is 0 Å². The van der Waals surface area contributed by atoms with Crippen molar-refractivity contribution in [2.75, 3.05) is 7.11 Å². The summed E-state index contributed by atoms with van der Waals surface area (Å²) in [5.41, 5.74) is 6.61. The maximum Gasteiger partial charge on any atom is 0.122 e. The molecule has 1 atom stereocenters. The molecule has 0 spiro atoms. The second kappa shape index (κ2) is 7.08. The fraction of sp³-hybridized carbons (Fsp3) is 0.294. The predicted molar refractivity (Wildman–Crippen MR) is 82.7 cm³/mol. The molecule has 0 bridgehead atoms. The van der Waals surface area contributed by atoms with E-state index in [4.69, 9.17) is 10.6 Å². The van der Waals surface area contributed by atoms with Crippen LogP contribution < -0.4 is 16.0 Å². The SMILES string of the molecule is COc1ccc(C)cc1CC(Cc1ccccc1)NN. The number of benzene rings is 2. The lowest BCUT2D eigenvalue weighted by Crippen LogP contribution is -2.38. The van der Waals surface area contributed by atoms with Gasteiger partial charge >= 0.3 is 0 Å². The van der Waals surface area contributed by atoms with E-state index in [1.807, 2.05) is 12.1 Å². The van der Waals surface area contributed by atoms with Crippen molar-refractivity contribution in [1.29, 1.82) is 0 Å². The highest BCUT2D eigenvalue weighted by molar-refractivity contribution is 5.37. The van der Waals surface area contributed by atoms with Crippen LogP contribution in [0.5, 0.6) is 5.75 Å². The highest BCUT2D eigenvalue weighted by atomic mass is 16.5. The molecule has 106 valence electrons. The Balaban J connectivity index is 2.12. The molecule has 0 aliphatic rings. The highest BCUT2D eigenvalue weighted by Crippen LogP contribution is 2.22. The number of nitrogens with one attached hydrogen (secondary N) is 1. The number of nitrogens with two attached hydrogens (primary N) is 1. The first-order chi connectivity index (χ1) is 9.72. The predicted octanol–water partition coefficient (Wildman–Crippen LogP) is 2.62. The van der Waals surface area contributed by atoms with Crippen LogP contribution in [0, 0.1) is 6.92 Å². The van der Waals surface area contributed by atoms with Gasteiger partial charge in [-0.2, -0.15) is 0 Å². The summed E-state index contributed by atoms with van der Waals surface area (Å²) in [4.78, 5) is 0.